The summed E-state index contributed by atoms with van der Waals surface area (Å²) in [6, 6.07) is 2.78. The van der Waals surface area contributed by atoms with Crippen LogP contribution in [0.25, 0.3) is 0 Å². The number of hydrogen-bond acceptors (Lipinski definition) is 5. The molecule has 1 fully saturated rings. The monoisotopic (exact) mass is 285 g/mol. The molecule has 0 aromatic carbocycles. The summed E-state index contributed by atoms with van der Waals surface area (Å²) >= 11 is 0. The van der Waals surface area contributed by atoms with Crippen LogP contribution in [-0.2, 0) is 14.8 Å². The number of nitrogens with zero attached hydrogens (tertiary/aromatic N) is 1. The van der Waals surface area contributed by atoms with E-state index in [1.54, 1.807) is 7.11 Å². The molecule has 2 atom stereocenters. The first-order chi connectivity index (χ1) is 8.77. The average molecular weight is 285 g/mol. The van der Waals surface area contributed by atoms with E-state index < -0.39 is 10.0 Å². The zero-order chi connectivity index (χ0) is 14.3. The Balaban J connectivity index is 2.13. The van der Waals surface area contributed by atoms with Gasteiger partial charge in [0.1, 0.15) is 10.7 Å². The molecule has 0 bridgehead atoms. The highest BCUT2D eigenvalue weighted by Crippen LogP contribution is 2.42. The fourth-order valence-electron chi connectivity index (χ4n) is 2.29. The van der Waals surface area contributed by atoms with E-state index in [1.807, 2.05) is 13.8 Å². The Morgan fingerprint density at radius 1 is 1.47 bits per heavy atom. The number of rotatable bonds is 4. The molecule has 1 aliphatic carbocycles. The highest BCUT2D eigenvalue weighted by atomic mass is 32.2. The lowest BCUT2D eigenvalue weighted by molar-refractivity contribution is -0.0908. The maximum atomic E-state index is 12.2. The van der Waals surface area contributed by atoms with Gasteiger partial charge >= 0.3 is 0 Å². The van der Waals surface area contributed by atoms with Crippen LogP contribution < -0.4 is 10.5 Å². The van der Waals surface area contributed by atoms with E-state index >= 15 is 0 Å². The molecule has 7 heteroatoms. The zero-order valence-electron chi connectivity index (χ0n) is 11.3. The minimum Gasteiger partial charge on any atom is -0.384 e. The van der Waals surface area contributed by atoms with Crippen molar-refractivity contribution in [1.82, 2.24) is 9.71 Å². The van der Waals surface area contributed by atoms with E-state index in [-0.39, 0.29) is 22.5 Å². The van der Waals surface area contributed by atoms with Crippen LogP contribution >= 0.6 is 0 Å². The van der Waals surface area contributed by atoms with Crippen LogP contribution in [0.2, 0.25) is 0 Å². The quantitative estimate of drug-likeness (QED) is 0.851. The molecular formula is C12H19N3O3S. The topological polar surface area (TPSA) is 94.3 Å². The van der Waals surface area contributed by atoms with Crippen LogP contribution in [0.5, 0.6) is 0 Å². The van der Waals surface area contributed by atoms with Gasteiger partial charge in [-0.05, 0) is 18.6 Å². The fraction of sp³-hybridized carbons (Fsp3) is 0.583. The van der Waals surface area contributed by atoms with E-state index in [0.717, 1.165) is 0 Å². The van der Waals surface area contributed by atoms with Gasteiger partial charge in [0.15, 0.2) is 0 Å². The van der Waals surface area contributed by atoms with Crippen LogP contribution in [0.3, 0.4) is 0 Å². The van der Waals surface area contributed by atoms with Gasteiger partial charge in [0, 0.05) is 24.8 Å². The van der Waals surface area contributed by atoms with Crippen LogP contribution in [-0.4, -0.2) is 32.7 Å². The van der Waals surface area contributed by atoms with Gasteiger partial charge < -0.3 is 10.5 Å². The number of ether oxygens (including phenoxy) is 1. The Morgan fingerprint density at radius 2 is 2.16 bits per heavy atom. The van der Waals surface area contributed by atoms with Gasteiger partial charge in [-0.1, -0.05) is 13.8 Å². The highest BCUT2D eigenvalue weighted by molar-refractivity contribution is 7.89. The number of hydrogen-bond donors (Lipinski definition) is 2. The van der Waals surface area contributed by atoms with Crippen molar-refractivity contribution in [2.75, 3.05) is 12.8 Å². The zero-order valence-corrected chi connectivity index (χ0v) is 12.1. The molecule has 19 heavy (non-hydrogen) atoms. The predicted octanol–water partition coefficient (Wildman–Crippen LogP) is 0.756. The second kappa shape index (κ2) is 4.73. The first-order valence-electron chi connectivity index (χ1n) is 6.04. The molecule has 1 aliphatic rings. The van der Waals surface area contributed by atoms with Crippen molar-refractivity contribution >= 4 is 15.8 Å². The summed E-state index contributed by atoms with van der Waals surface area (Å²) in [7, 11) is -1.92. The molecule has 1 heterocycles. The number of nitrogen functional groups attached to an aromatic ring is 1. The SMILES string of the molecule is COC1CC(NS(=O)(=O)c2ccc(N)nc2)C1(C)C. The molecule has 106 valence electrons. The molecule has 6 nitrogen and oxygen atoms in total. The first-order valence-corrected chi connectivity index (χ1v) is 7.52. The van der Waals surface area contributed by atoms with Crippen molar-refractivity contribution in [2.45, 2.75) is 37.3 Å². The van der Waals surface area contributed by atoms with E-state index in [2.05, 4.69) is 9.71 Å². The third-order valence-corrected chi connectivity index (χ3v) is 5.29. The third kappa shape index (κ3) is 2.58. The second-order valence-electron chi connectivity index (χ2n) is 5.37. The van der Waals surface area contributed by atoms with Crippen LogP contribution in [0, 0.1) is 5.41 Å². The average Bonchev–Trinajstić information content (AvgIpc) is 2.34. The molecule has 1 aromatic heterocycles. The van der Waals surface area contributed by atoms with Crippen LogP contribution in [0.1, 0.15) is 20.3 Å². The summed E-state index contributed by atoms with van der Waals surface area (Å²) < 4.78 is 32.4. The predicted molar refractivity (Wildman–Crippen MR) is 72.0 cm³/mol. The van der Waals surface area contributed by atoms with Gasteiger partial charge in [-0.2, -0.15) is 0 Å². The highest BCUT2D eigenvalue weighted by Gasteiger charge is 2.50. The minimum atomic E-state index is -3.56. The lowest BCUT2D eigenvalue weighted by Crippen LogP contribution is -2.61. The van der Waals surface area contributed by atoms with E-state index in [0.29, 0.717) is 12.2 Å². The van der Waals surface area contributed by atoms with Crippen molar-refractivity contribution in [3.05, 3.63) is 18.3 Å². The van der Waals surface area contributed by atoms with Crippen molar-refractivity contribution in [2.24, 2.45) is 5.41 Å². The number of pyridine rings is 1. The van der Waals surface area contributed by atoms with E-state index in [9.17, 15) is 8.42 Å². The molecule has 0 aliphatic heterocycles. The van der Waals surface area contributed by atoms with Gasteiger partial charge in [-0.15, -0.1) is 0 Å². The normalized spacial score (nSPS) is 25.8. The summed E-state index contributed by atoms with van der Waals surface area (Å²) in [6.45, 7) is 3.97. The van der Waals surface area contributed by atoms with Crippen molar-refractivity contribution in [3.8, 4) is 0 Å². The maximum Gasteiger partial charge on any atom is 0.242 e. The minimum absolute atomic E-state index is 0.0738. The Morgan fingerprint density at radius 3 is 2.63 bits per heavy atom. The number of anilines is 1. The van der Waals surface area contributed by atoms with E-state index in [4.69, 9.17) is 10.5 Å². The molecule has 2 rings (SSSR count). The van der Waals surface area contributed by atoms with Gasteiger partial charge in [-0.3, -0.25) is 0 Å². The van der Waals surface area contributed by atoms with Crippen LogP contribution in [0.15, 0.2) is 23.2 Å². The fourth-order valence-corrected chi connectivity index (χ4v) is 3.64. The summed E-state index contributed by atoms with van der Waals surface area (Å²) in [5.74, 6) is 0.294. The second-order valence-corrected chi connectivity index (χ2v) is 7.09. The molecule has 3 N–H and O–H groups in total. The molecule has 0 radical (unpaired) electrons. The van der Waals surface area contributed by atoms with Crippen molar-refractivity contribution in [3.63, 3.8) is 0 Å². The van der Waals surface area contributed by atoms with Crippen LogP contribution in [0.4, 0.5) is 5.82 Å². The molecule has 1 saturated carbocycles. The number of nitrogens with two attached hydrogens (primary N) is 1. The molecular weight excluding hydrogens is 266 g/mol. The smallest absolute Gasteiger partial charge is 0.242 e. The van der Waals surface area contributed by atoms with Gasteiger partial charge in [0.25, 0.3) is 0 Å². The van der Waals surface area contributed by atoms with Gasteiger partial charge in [-0.25, -0.2) is 18.1 Å². The Kier molecular flexibility index (Phi) is 3.55. The largest absolute Gasteiger partial charge is 0.384 e. The summed E-state index contributed by atoms with van der Waals surface area (Å²) in [5, 5.41) is 0. The number of nitrogens with one attached hydrogen (secondary N) is 1. The maximum absolute atomic E-state index is 12.2. The molecule has 0 saturated heterocycles. The summed E-state index contributed by atoms with van der Waals surface area (Å²) in [6.07, 6.45) is 2.01. The standard InChI is InChI=1S/C12H19N3O3S/c1-12(2)9(6-10(12)18-3)15-19(16,17)8-4-5-11(13)14-7-8/h4-5,7,9-10,15H,6H2,1-3H3,(H2,13,14). The number of sulfonamides is 1. The number of aromatic nitrogens is 1. The first kappa shape index (κ1) is 14.2. The van der Waals surface area contributed by atoms with Gasteiger partial charge in [0.2, 0.25) is 10.0 Å². The van der Waals surface area contributed by atoms with E-state index in [1.165, 1.54) is 18.3 Å². The third-order valence-electron chi connectivity index (χ3n) is 3.83. The molecule has 0 amide bonds. The number of methoxy groups -OCH3 is 1. The van der Waals surface area contributed by atoms with Crippen molar-refractivity contribution in [1.29, 1.82) is 0 Å². The summed E-state index contributed by atoms with van der Waals surface area (Å²) in [5.41, 5.74) is 5.23. The van der Waals surface area contributed by atoms with Gasteiger partial charge in [0.05, 0.1) is 6.10 Å². The summed E-state index contributed by atoms with van der Waals surface area (Å²) in [4.78, 5) is 3.92. The van der Waals surface area contributed by atoms with Crippen molar-refractivity contribution < 1.29 is 13.2 Å². The lowest BCUT2D eigenvalue weighted by Gasteiger charge is -2.50. The molecule has 0 spiro atoms. The molecule has 1 aromatic rings. The Bertz CT molecular complexity index is 554. The Hall–Kier alpha value is -1.18. The lowest BCUT2D eigenvalue weighted by atomic mass is 9.65. The Labute approximate surface area is 113 Å². The molecule has 2 unspecified atom stereocenters.